The summed E-state index contributed by atoms with van der Waals surface area (Å²) in [6.07, 6.45) is 0. The molecule has 0 unspecified atom stereocenters. The van der Waals surface area contributed by atoms with Gasteiger partial charge in [0, 0.05) is 5.54 Å². The maximum atomic E-state index is 10.7. The van der Waals surface area contributed by atoms with Crippen molar-refractivity contribution in [2.45, 2.75) is 26.3 Å². The van der Waals surface area contributed by atoms with E-state index in [-0.39, 0.29) is 16.3 Å². The van der Waals surface area contributed by atoms with Gasteiger partial charge in [-0.15, -0.1) is 0 Å². The van der Waals surface area contributed by atoms with E-state index < -0.39 is 5.97 Å². The van der Waals surface area contributed by atoms with E-state index in [2.05, 4.69) is 10.3 Å². The molecule has 0 aromatic carbocycles. The lowest BCUT2D eigenvalue weighted by Crippen LogP contribution is -2.26. The van der Waals surface area contributed by atoms with Crippen LogP contribution in [0.4, 0.5) is 5.82 Å². The molecule has 0 aliphatic rings. The summed E-state index contributed by atoms with van der Waals surface area (Å²) in [6.45, 7) is 5.94. The van der Waals surface area contributed by atoms with Crippen molar-refractivity contribution in [3.8, 4) is 0 Å². The minimum Gasteiger partial charge on any atom is -0.478 e. The first-order chi connectivity index (χ1) is 6.79. The lowest BCUT2D eigenvalue weighted by molar-refractivity contribution is 0.0696. The molecule has 0 radical (unpaired) electrons. The maximum absolute atomic E-state index is 10.7. The van der Waals surface area contributed by atoms with Crippen LogP contribution in [-0.2, 0) is 0 Å². The monoisotopic (exact) mass is 228 g/mol. The zero-order chi connectivity index (χ0) is 11.6. The van der Waals surface area contributed by atoms with Crippen LogP contribution in [0.5, 0.6) is 0 Å². The molecule has 0 bridgehead atoms. The molecule has 0 saturated heterocycles. The smallest absolute Gasteiger partial charge is 0.338 e. The van der Waals surface area contributed by atoms with Gasteiger partial charge in [0.05, 0.1) is 5.56 Å². The highest BCUT2D eigenvalue weighted by Crippen LogP contribution is 2.18. The van der Waals surface area contributed by atoms with Gasteiger partial charge in [0.2, 0.25) is 0 Å². The van der Waals surface area contributed by atoms with Gasteiger partial charge in [-0.3, -0.25) is 0 Å². The van der Waals surface area contributed by atoms with E-state index in [0.29, 0.717) is 5.82 Å². The largest absolute Gasteiger partial charge is 0.478 e. The van der Waals surface area contributed by atoms with Gasteiger partial charge < -0.3 is 10.4 Å². The number of carboxylic acid groups (broad SMARTS) is 1. The molecular formula is C10H13ClN2O2. The van der Waals surface area contributed by atoms with Gasteiger partial charge in [-0.25, -0.2) is 9.78 Å². The van der Waals surface area contributed by atoms with Gasteiger partial charge in [-0.1, -0.05) is 11.6 Å². The Hall–Kier alpha value is -1.29. The van der Waals surface area contributed by atoms with Crippen molar-refractivity contribution < 1.29 is 9.90 Å². The Kier molecular flexibility index (Phi) is 3.19. The molecule has 4 nitrogen and oxygen atoms in total. The van der Waals surface area contributed by atoms with Crippen LogP contribution in [0.25, 0.3) is 0 Å². The predicted octanol–water partition coefficient (Wildman–Crippen LogP) is 2.64. The quantitative estimate of drug-likeness (QED) is 0.764. The first-order valence-corrected chi connectivity index (χ1v) is 4.85. The van der Waals surface area contributed by atoms with E-state index in [4.69, 9.17) is 16.7 Å². The van der Waals surface area contributed by atoms with Crippen molar-refractivity contribution in [2.24, 2.45) is 0 Å². The Morgan fingerprint density at radius 2 is 2.07 bits per heavy atom. The molecule has 0 fully saturated rings. The Balaban J connectivity index is 2.97. The minimum absolute atomic E-state index is 0.00301. The summed E-state index contributed by atoms with van der Waals surface area (Å²) in [5.74, 6) is -0.507. The molecule has 1 aromatic heterocycles. The van der Waals surface area contributed by atoms with Gasteiger partial charge in [-0.05, 0) is 32.9 Å². The van der Waals surface area contributed by atoms with E-state index in [0.717, 1.165) is 0 Å². The number of hydrogen-bond acceptors (Lipinski definition) is 3. The summed E-state index contributed by atoms with van der Waals surface area (Å²) >= 11 is 5.72. The second-order valence-electron chi connectivity index (χ2n) is 4.22. The Bertz CT molecular complexity index is 385. The lowest BCUT2D eigenvalue weighted by Gasteiger charge is -2.21. The number of hydrogen-bond donors (Lipinski definition) is 2. The fourth-order valence-electron chi connectivity index (χ4n) is 1.05. The van der Waals surface area contributed by atoms with Crippen molar-refractivity contribution >= 4 is 23.4 Å². The normalized spacial score (nSPS) is 11.2. The zero-order valence-corrected chi connectivity index (χ0v) is 9.59. The summed E-state index contributed by atoms with van der Waals surface area (Å²) in [5, 5.41) is 11.8. The topological polar surface area (TPSA) is 62.2 Å². The van der Waals surface area contributed by atoms with E-state index in [1.54, 1.807) is 6.07 Å². The van der Waals surface area contributed by atoms with Crippen LogP contribution in [0.3, 0.4) is 0 Å². The fourth-order valence-corrected chi connectivity index (χ4v) is 1.28. The molecule has 2 N–H and O–H groups in total. The Morgan fingerprint density at radius 3 is 2.47 bits per heavy atom. The van der Waals surface area contributed by atoms with Crippen molar-refractivity contribution in [1.82, 2.24) is 4.98 Å². The molecule has 0 aliphatic carbocycles. The number of anilines is 1. The standard InChI is InChI=1S/C10H13ClN2O2/c1-10(2,3)13-7-5-4-6(9(14)15)8(11)12-7/h4-5H,1-3H3,(H,12,13)(H,14,15). The number of carboxylic acids is 1. The maximum Gasteiger partial charge on any atom is 0.338 e. The van der Waals surface area contributed by atoms with Crippen LogP contribution in [0.15, 0.2) is 12.1 Å². The predicted molar refractivity (Wildman–Crippen MR) is 59.6 cm³/mol. The first-order valence-electron chi connectivity index (χ1n) is 4.47. The molecule has 0 aliphatic heterocycles. The van der Waals surface area contributed by atoms with Crippen molar-refractivity contribution in [2.75, 3.05) is 5.32 Å². The van der Waals surface area contributed by atoms with Gasteiger partial charge in [0.25, 0.3) is 0 Å². The average molecular weight is 229 g/mol. The SMILES string of the molecule is CC(C)(C)Nc1ccc(C(=O)O)c(Cl)n1. The van der Waals surface area contributed by atoms with Crippen LogP contribution in [0.2, 0.25) is 5.15 Å². The molecule has 1 rings (SSSR count). The lowest BCUT2D eigenvalue weighted by atomic mass is 10.1. The molecule has 0 amide bonds. The number of nitrogens with zero attached hydrogens (tertiary/aromatic N) is 1. The fraction of sp³-hybridized carbons (Fsp3) is 0.400. The minimum atomic E-state index is -1.07. The van der Waals surface area contributed by atoms with Gasteiger partial charge in [-0.2, -0.15) is 0 Å². The van der Waals surface area contributed by atoms with Crippen LogP contribution in [-0.4, -0.2) is 21.6 Å². The molecule has 0 atom stereocenters. The number of aromatic carboxylic acids is 1. The highest BCUT2D eigenvalue weighted by Gasteiger charge is 2.13. The third-order valence-corrected chi connectivity index (χ3v) is 1.87. The zero-order valence-electron chi connectivity index (χ0n) is 8.84. The molecule has 15 heavy (non-hydrogen) atoms. The number of carbonyl (C=O) groups is 1. The van der Waals surface area contributed by atoms with Crippen molar-refractivity contribution in [3.05, 3.63) is 22.8 Å². The van der Waals surface area contributed by atoms with Crippen molar-refractivity contribution in [1.29, 1.82) is 0 Å². The average Bonchev–Trinajstić information content (AvgIpc) is 1.99. The summed E-state index contributed by atoms with van der Waals surface area (Å²) < 4.78 is 0. The second-order valence-corrected chi connectivity index (χ2v) is 4.57. The molecule has 82 valence electrons. The van der Waals surface area contributed by atoms with Crippen LogP contribution in [0.1, 0.15) is 31.1 Å². The van der Waals surface area contributed by atoms with Crippen LogP contribution < -0.4 is 5.32 Å². The molecule has 0 saturated carbocycles. The summed E-state index contributed by atoms with van der Waals surface area (Å²) in [7, 11) is 0. The van der Waals surface area contributed by atoms with Gasteiger partial charge in [0.1, 0.15) is 11.0 Å². The number of aromatic nitrogens is 1. The number of rotatable bonds is 2. The summed E-state index contributed by atoms with van der Waals surface area (Å²) in [5.41, 5.74) is -0.128. The second kappa shape index (κ2) is 4.06. The number of pyridine rings is 1. The highest BCUT2D eigenvalue weighted by molar-refractivity contribution is 6.32. The van der Waals surface area contributed by atoms with Crippen LogP contribution in [0, 0.1) is 0 Å². The third-order valence-electron chi connectivity index (χ3n) is 1.58. The Labute approximate surface area is 93.3 Å². The molecular weight excluding hydrogens is 216 g/mol. The molecule has 1 heterocycles. The highest BCUT2D eigenvalue weighted by atomic mass is 35.5. The third kappa shape index (κ3) is 3.40. The van der Waals surface area contributed by atoms with E-state index >= 15 is 0 Å². The Morgan fingerprint density at radius 1 is 1.47 bits per heavy atom. The van der Waals surface area contributed by atoms with Crippen molar-refractivity contribution in [3.63, 3.8) is 0 Å². The molecule has 5 heteroatoms. The van der Waals surface area contributed by atoms with Gasteiger partial charge >= 0.3 is 5.97 Å². The molecule has 0 spiro atoms. The van der Waals surface area contributed by atoms with Crippen LogP contribution >= 0.6 is 11.6 Å². The summed E-state index contributed by atoms with van der Waals surface area (Å²) in [6, 6.07) is 3.03. The van der Waals surface area contributed by atoms with E-state index in [9.17, 15) is 4.79 Å². The number of halogens is 1. The van der Waals surface area contributed by atoms with E-state index in [1.807, 2.05) is 20.8 Å². The number of nitrogens with one attached hydrogen (secondary N) is 1. The molecule has 1 aromatic rings. The van der Waals surface area contributed by atoms with Gasteiger partial charge in [0.15, 0.2) is 0 Å². The first kappa shape index (κ1) is 11.8. The summed E-state index contributed by atoms with van der Waals surface area (Å²) in [4.78, 5) is 14.6. The van der Waals surface area contributed by atoms with E-state index in [1.165, 1.54) is 6.07 Å².